The molecule has 0 atom stereocenters. The van der Waals surface area contributed by atoms with Crippen LogP contribution in [0.4, 0.5) is 0 Å². The highest BCUT2D eigenvalue weighted by molar-refractivity contribution is 5.27. The topological polar surface area (TPSA) is 9.23 Å². The van der Waals surface area contributed by atoms with Gasteiger partial charge in [0.25, 0.3) is 0 Å². The Morgan fingerprint density at radius 3 is 2.50 bits per heavy atom. The molecule has 0 saturated heterocycles. The van der Waals surface area contributed by atoms with Crippen molar-refractivity contribution in [3.05, 3.63) is 29.7 Å². The van der Waals surface area contributed by atoms with E-state index in [1.54, 1.807) is 0 Å². The zero-order chi connectivity index (χ0) is 12.3. The highest BCUT2D eigenvalue weighted by atomic mass is 16.5. The van der Waals surface area contributed by atoms with Gasteiger partial charge < -0.3 is 4.74 Å². The average Bonchev–Trinajstić information content (AvgIpc) is 2.27. The van der Waals surface area contributed by atoms with Gasteiger partial charge in [-0.3, -0.25) is 0 Å². The number of hydrogen-bond acceptors (Lipinski definition) is 1. The summed E-state index contributed by atoms with van der Waals surface area (Å²) in [6.45, 7) is 2.03. The Morgan fingerprint density at radius 1 is 1.33 bits per heavy atom. The highest BCUT2D eigenvalue weighted by Crippen LogP contribution is 2.12. The number of hydrogen-bond donors (Lipinski definition) is 0. The lowest BCUT2D eigenvalue weighted by molar-refractivity contribution is 0.414. The number of ether oxygens (including phenoxy) is 1. The molecular formula is C11H16O. The van der Waals surface area contributed by atoms with Crippen LogP contribution in [0.5, 0.6) is 5.75 Å². The molecule has 0 aromatic heterocycles. The minimum Gasteiger partial charge on any atom is -0.497 e. The minimum atomic E-state index is -0.0883. The van der Waals surface area contributed by atoms with E-state index >= 15 is 0 Å². The van der Waals surface area contributed by atoms with Gasteiger partial charge in [-0.05, 0) is 30.5 Å². The van der Waals surface area contributed by atoms with E-state index in [0.717, 1.165) is 12.8 Å². The second-order valence-corrected chi connectivity index (χ2v) is 2.62. The Hall–Kier alpha value is -0.980. The molecule has 0 bridgehead atoms. The van der Waals surface area contributed by atoms with E-state index in [2.05, 4.69) is 0 Å². The van der Waals surface area contributed by atoms with Crippen molar-refractivity contribution < 1.29 is 10.2 Å². The van der Waals surface area contributed by atoms with Crippen molar-refractivity contribution >= 4 is 0 Å². The van der Waals surface area contributed by atoms with E-state index in [0.29, 0.717) is 12.0 Å². The van der Waals surface area contributed by atoms with Crippen LogP contribution in [-0.2, 0) is 6.42 Å². The lowest BCUT2D eigenvalue weighted by Gasteiger charge is -2.01. The molecule has 0 unspecified atom stereocenters. The maximum absolute atomic E-state index is 7.78. The largest absolute Gasteiger partial charge is 0.497 e. The molecule has 1 heteroatoms. The van der Waals surface area contributed by atoms with Crippen molar-refractivity contribution in [1.82, 2.24) is 0 Å². The third kappa shape index (κ3) is 2.57. The van der Waals surface area contributed by atoms with Crippen LogP contribution in [0.1, 0.15) is 30.8 Å². The van der Waals surface area contributed by atoms with Gasteiger partial charge in [-0.15, -0.1) is 0 Å². The molecule has 0 fully saturated rings. The molecule has 0 heterocycles. The van der Waals surface area contributed by atoms with Gasteiger partial charge in [-0.25, -0.2) is 0 Å². The minimum absolute atomic E-state index is 0.0197. The molecular weight excluding hydrogens is 148 g/mol. The molecule has 0 aliphatic rings. The lowest BCUT2D eigenvalue weighted by Crippen LogP contribution is -1.86. The van der Waals surface area contributed by atoms with Crippen LogP contribution in [0.15, 0.2) is 24.2 Å². The number of rotatable bonds is 4. The zero-order valence-corrected chi connectivity index (χ0v) is 7.53. The average molecular weight is 168 g/mol. The summed E-state index contributed by atoms with van der Waals surface area (Å²) < 4.78 is 35.8. The summed E-state index contributed by atoms with van der Waals surface area (Å²) in [4.78, 5) is 0. The summed E-state index contributed by atoms with van der Waals surface area (Å²) >= 11 is 0. The van der Waals surface area contributed by atoms with Gasteiger partial charge in [0.15, 0.2) is 0 Å². The second-order valence-electron chi connectivity index (χ2n) is 2.62. The maximum atomic E-state index is 7.78. The molecule has 0 radical (unpaired) electrons. The van der Waals surface area contributed by atoms with E-state index in [4.69, 9.17) is 10.2 Å². The standard InChI is InChI=1S/C11H16O/c1-3-4-5-10-6-8-11(12-2)9-7-10/h6-9H,3-5H2,1-2H3/i6D,7D,8D,9D. The predicted molar refractivity (Wildman–Crippen MR) is 51.6 cm³/mol. The van der Waals surface area contributed by atoms with Crippen LogP contribution in [0, 0.1) is 0 Å². The summed E-state index contributed by atoms with van der Waals surface area (Å²) in [7, 11) is 1.36. The fourth-order valence-electron chi connectivity index (χ4n) is 0.908. The molecule has 0 aliphatic heterocycles. The normalized spacial score (nSPS) is 14.5. The van der Waals surface area contributed by atoms with Crippen molar-refractivity contribution in [3.8, 4) is 5.75 Å². The highest BCUT2D eigenvalue weighted by Gasteiger charge is 1.92. The predicted octanol–water partition coefficient (Wildman–Crippen LogP) is 3.04. The molecule has 0 saturated carbocycles. The maximum Gasteiger partial charge on any atom is 0.118 e. The Morgan fingerprint density at radius 2 is 2.00 bits per heavy atom. The van der Waals surface area contributed by atoms with Crippen LogP contribution >= 0.6 is 0 Å². The van der Waals surface area contributed by atoms with Crippen molar-refractivity contribution in [2.75, 3.05) is 7.11 Å². The van der Waals surface area contributed by atoms with E-state index in [-0.39, 0.29) is 29.9 Å². The first kappa shape index (κ1) is 4.90. The first-order chi connectivity index (χ1) is 7.54. The fraction of sp³-hybridized carbons (Fsp3) is 0.455. The monoisotopic (exact) mass is 168 g/mol. The molecule has 0 aliphatic carbocycles. The van der Waals surface area contributed by atoms with Crippen molar-refractivity contribution in [2.45, 2.75) is 26.2 Å². The van der Waals surface area contributed by atoms with Crippen LogP contribution in [0.3, 0.4) is 0 Å². The van der Waals surface area contributed by atoms with Gasteiger partial charge >= 0.3 is 0 Å². The van der Waals surface area contributed by atoms with E-state index in [9.17, 15) is 0 Å². The Labute approximate surface area is 80.0 Å². The quantitative estimate of drug-likeness (QED) is 0.671. The van der Waals surface area contributed by atoms with E-state index in [1.165, 1.54) is 7.11 Å². The summed E-state index contributed by atoms with van der Waals surface area (Å²) in [6, 6.07) is -0.137. The zero-order valence-electron chi connectivity index (χ0n) is 11.5. The van der Waals surface area contributed by atoms with Crippen molar-refractivity contribution in [3.63, 3.8) is 0 Å². The molecule has 12 heavy (non-hydrogen) atoms. The van der Waals surface area contributed by atoms with Crippen LogP contribution in [0.25, 0.3) is 0 Å². The number of methoxy groups -OCH3 is 1. The summed E-state index contributed by atoms with van der Waals surface area (Å²) in [5.74, 6) is 0.0234. The van der Waals surface area contributed by atoms with Crippen LogP contribution in [0.2, 0.25) is 0 Å². The molecule has 0 spiro atoms. The van der Waals surface area contributed by atoms with Crippen molar-refractivity contribution in [1.29, 1.82) is 0 Å². The molecule has 0 N–H and O–H groups in total. The molecule has 1 nitrogen and oxygen atoms in total. The van der Waals surface area contributed by atoms with E-state index in [1.807, 2.05) is 6.92 Å². The fourth-order valence-corrected chi connectivity index (χ4v) is 0.908. The summed E-state index contributed by atoms with van der Waals surface area (Å²) in [5.41, 5.74) is 0.484. The molecule has 0 amide bonds. The third-order valence-corrected chi connectivity index (χ3v) is 1.64. The third-order valence-electron chi connectivity index (χ3n) is 1.64. The lowest BCUT2D eigenvalue weighted by atomic mass is 10.1. The van der Waals surface area contributed by atoms with Gasteiger partial charge in [0.05, 0.1) is 12.6 Å². The molecule has 66 valence electrons. The van der Waals surface area contributed by atoms with Gasteiger partial charge in [0.1, 0.15) is 5.75 Å². The van der Waals surface area contributed by atoms with E-state index < -0.39 is 0 Å². The summed E-state index contributed by atoms with van der Waals surface area (Å²) in [6.07, 6.45) is 2.41. The second kappa shape index (κ2) is 4.81. The first-order valence-corrected chi connectivity index (χ1v) is 4.17. The number of unbranched alkanes of at least 4 members (excludes halogenated alkanes) is 1. The Bertz CT molecular complexity index is 361. The van der Waals surface area contributed by atoms with Gasteiger partial charge in [-0.2, -0.15) is 0 Å². The smallest absolute Gasteiger partial charge is 0.118 e. The van der Waals surface area contributed by atoms with Crippen molar-refractivity contribution in [2.24, 2.45) is 0 Å². The van der Waals surface area contributed by atoms with Gasteiger partial charge in [-0.1, -0.05) is 25.4 Å². The molecule has 1 rings (SSSR count). The first-order valence-electron chi connectivity index (χ1n) is 6.17. The van der Waals surface area contributed by atoms with Gasteiger partial charge in [0, 0.05) is 0 Å². The molecule has 1 aromatic carbocycles. The van der Waals surface area contributed by atoms with Crippen LogP contribution in [-0.4, -0.2) is 7.11 Å². The SMILES string of the molecule is [2H]c1c([2H])c(OC)c([2H])c([2H])c1CCCC. The van der Waals surface area contributed by atoms with Gasteiger partial charge in [0.2, 0.25) is 0 Å². The summed E-state index contributed by atoms with van der Waals surface area (Å²) in [5, 5.41) is 0. The Balaban J connectivity index is 3.29. The Kier molecular flexibility index (Phi) is 1.97. The number of benzene rings is 1. The van der Waals surface area contributed by atoms with Crippen LogP contribution < -0.4 is 4.74 Å². The molecule has 1 aromatic rings.